The van der Waals surface area contributed by atoms with Crippen LogP contribution in [0.15, 0.2) is 46.0 Å². The molecule has 0 bridgehead atoms. The van der Waals surface area contributed by atoms with Gasteiger partial charge in [-0.1, -0.05) is 11.5 Å². The standard InChI is InChI=1S/C20H19BF2N4O2S/c1-2-29-20(28)16-15(10-27-8-12(23)9-27)25-18(19-24-5-6-30-19)26-17(16)13-4-3-11(22)7-14(13)21/h3-7,12,17H,2,8-10H2,1H3,(H,25,26)/t17-/m0/s1. The Bertz CT molecular complexity index is 1010. The monoisotopic (exact) mass is 428 g/mol. The number of aliphatic imine (C=N–C) groups is 1. The van der Waals surface area contributed by atoms with E-state index in [2.05, 4.69) is 15.3 Å². The molecule has 1 aromatic heterocycles. The van der Waals surface area contributed by atoms with Crippen molar-refractivity contribution in [3.8, 4) is 0 Å². The molecule has 2 aliphatic rings. The summed E-state index contributed by atoms with van der Waals surface area (Å²) in [5, 5.41) is 5.63. The Morgan fingerprint density at radius 2 is 2.23 bits per heavy atom. The number of amidine groups is 1. The van der Waals surface area contributed by atoms with Crippen LogP contribution in [0.3, 0.4) is 0 Å². The van der Waals surface area contributed by atoms with Crippen molar-refractivity contribution in [2.45, 2.75) is 19.1 Å². The molecular weight excluding hydrogens is 409 g/mol. The van der Waals surface area contributed by atoms with Crippen LogP contribution in [0.1, 0.15) is 23.5 Å². The molecule has 10 heteroatoms. The fourth-order valence-corrected chi connectivity index (χ4v) is 4.09. The number of rotatable bonds is 6. The van der Waals surface area contributed by atoms with Gasteiger partial charge in [0.1, 0.15) is 25.9 Å². The van der Waals surface area contributed by atoms with Gasteiger partial charge in [0.05, 0.1) is 12.2 Å². The first-order chi connectivity index (χ1) is 14.5. The average molecular weight is 428 g/mol. The highest BCUT2D eigenvalue weighted by Gasteiger charge is 2.36. The normalized spacial score (nSPS) is 19.8. The zero-order valence-corrected chi connectivity index (χ0v) is 17.1. The number of carbonyl (C=O) groups is 1. The van der Waals surface area contributed by atoms with Crippen molar-refractivity contribution in [3.05, 3.63) is 57.4 Å². The van der Waals surface area contributed by atoms with Crippen LogP contribution in [0, 0.1) is 5.82 Å². The fraction of sp³-hybridized carbons (Fsp3) is 0.350. The molecule has 1 N–H and O–H groups in total. The first kappa shape index (κ1) is 20.7. The molecule has 0 saturated carbocycles. The molecule has 0 spiro atoms. The Labute approximate surface area is 178 Å². The van der Waals surface area contributed by atoms with Crippen LogP contribution in [0.2, 0.25) is 0 Å². The number of benzene rings is 1. The molecule has 2 radical (unpaired) electrons. The van der Waals surface area contributed by atoms with Crippen molar-refractivity contribution in [2.24, 2.45) is 4.99 Å². The van der Waals surface area contributed by atoms with Gasteiger partial charge in [-0.25, -0.2) is 18.6 Å². The molecule has 0 amide bonds. The molecule has 1 fully saturated rings. The maximum atomic E-state index is 13.6. The molecule has 2 aliphatic heterocycles. The quantitative estimate of drug-likeness (QED) is 0.560. The molecule has 2 aromatic rings. The number of carbonyl (C=O) groups excluding carboxylic acids is 1. The van der Waals surface area contributed by atoms with Gasteiger partial charge >= 0.3 is 5.97 Å². The largest absolute Gasteiger partial charge is 0.463 e. The van der Waals surface area contributed by atoms with Gasteiger partial charge in [0.25, 0.3) is 0 Å². The maximum Gasteiger partial charge on any atom is 0.338 e. The van der Waals surface area contributed by atoms with Crippen molar-refractivity contribution in [3.63, 3.8) is 0 Å². The molecule has 154 valence electrons. The van der Waals surface area contributed by atoms with Crippen molar-refractivity contribution in [1.82, 2.24) is 15.2 Å². The smallest absolute Gasteiger partial charge is 0.338 e. The zero-order chi connectivity index (χ0) is 21.3. The van der Waals surface area contributed by atoms with Crippen LogP contribution < -0.4 is 10.8 Å². The predicted octanol–water partition coefficient (Wildman–Crippen LogP) is 1.64. The zero-order valence-electron chi connectivity index (χ0n) is 16.3. The van der Waals surface area contributed by atoms with Crippen LogP contribution in [-0.2, 0) is 9.53 Å². The van der Waals surface area contributed by atoms with Crippen LogP contribution in [-0.4, -0.2) is 61.9 Å². The molecule has 6 nitrogen and oxygen atoms in total. The molecule has 0 aliphatic carbocycles. The van der Waals surface area contributed by atoms with Gasteiger partial charge in [0, 0.05) is 36.9 Å². The maximum absolute atomic E-state index is 13.6. The average Bonchev–Trinajstić information content (AvgIpc) is 3.21. The third-order valence-electron chi connectivity index (χ3n) is 4.89. The number of aromatic nitrogens is 1. The number of hydrogen-bond donors (Lipinski definition) is 1. The number of likely N-dealkylation sites (tertiary alicyclic amines) is 1. The molecule has 1 saturated heterocycles. The van der Waals surface area contributed by atoms with Crippen molar-refractivity contribution in [2.75, 3.05) is 26.2 Å². The third-order valence-corrected chi connectivity index (χ3v) is 5.67. The molecule has 1 atom stereocenters. The second-order valence-electron chi connectivity index (χ2n) is 7.02. The van der Waals surface area contributed by atoms with E-state index in [0.29, 0.717) is 28.6 Å². The lowest BCUT2D eigenvalue weighted by atomic mass is 9.83. The number of nitrogens with one attached hydrogen (secondary N) is 1. The van der Waals surface area contributed by atoms with E-state index in [-0.39, 0.29) is 30.7 Å². The fourth-order valence-electron chi connectivity index (χ4n) is 3.50. The summed E-state index contributed by atoms with van der Waals surface area (Å²) in [6, 6.07) is 3.18. The van der Waals surface area contributed by atoms with E-state index >= 15 is 0 Å². The summed E-state index contributed by atoms with van der Waals surface area (Å²) in [6.45, 7) is 2.78. The molecule has 4 rings (SSSR count). The molecule has 1 aromatic carbocycles. The second-order valence-corrected chi connectivity index (χ2v) is 7.91. The Morgan fingerprint density at radius 3 is 2.87 bits per heavy atom. The second kappa shape index (κ2) is 8.65. The Kier molecular flexibility index (Phi) is 5.96. The number of esters is 1. The topological polar surface area (TPSA) is 66.8 Å². The van der Waals surface area contributed by atoms with E-state index in [1.807, 2.05) is 10.3 Å². The van der Waals surface area contributed by atoms with Crippen molar-refractivity contribution in [1.29, 1.82) is 0 Å². The highest BCUT2D eigenvalue weighted by molar-refractivity contribution is 7.11. The number of alkyl halides is 1. The Morgan fingerprint density at radius 1 is 1.43 bits per heavy atom. The molecular formula is C20H19BF2N4O2S. The van der Waals surface area contributed by atoms with Crippen molar-refractivity contribution >= 4 is 36.5 Å². The van der Waals surface area contributed by atoms with E-state index in [9.17, 15) is 13.6 Å². The number of nitrogens with zero attached hydrogens (tertiary/aromatic N) is 3. The minimum absolute atomic E-state index is 0.179. The summed E-state index contributed by atoms with van der Waals surface area (Å²) in [5.41, 5.74) is 1.49. The third kappa shape index (κ3) is 4.15. The van der Waals surface area contributed by atoms with Gasteiger partial charge in [-0.15, -0.1) is 11.3 Å². The Hall–Kier alpha value is -2.59. The minimum Gasteiger partial charge on any atom is -0.463 e. The summed E-state index contributed by atoms with van der Waals surface area (Å²) in [7, 11) is 6.08. The Balaban J connectivity index is 1.81. The summed E-state index contributed by atoms with van der Waals surface area (Å²) in [6.07, 6.45) is 0.773. The summed E-state index contributed by atoms with van der Waals surface area (Å²) >= 11 is 1.39. The van der Waals surface area contributed by atoms with Crippen LogP contribution >= 0.6 is 11.3 Å². The van der Waals surface area contributed by atoms with Crippen LogP contribution in [0.5, 0.6) is 0 Å². The minimum atomic E-state index is -0.879. The first-order valence-electron chi connectivity index (χ1n) is 9.52. The van der Waals surface area contributed by atoms with Gasteiger partial charge < -0.3 is 10.1 Å². The highest BCUT2D eigenvalue weighted by atomic mass is 32.1. The van der Waals surface area contributed by atoms with Crippen LogP contribution in [0.25, 0.3) is 0 Å². The number of ether oxygens (including phenoxy) is 1. The van der Waals surface area contributed by atoms with Gasteiger partial charge in [-0.05, 0) is 24.6 Å². The van der Waals surface area contributed by atoms with Gasteiger partial charge in [0.15, 0.2) is 10.8 Å². The van der Waals surface area contributed by atoms with Gasteiger partial charge in [0.2, 0.25) is 0 Å². The number of halogens is 2. The van der Waals surface area contributed by atoms with E-state index in [4.69, 9.17) is 12.6 Å². The number of thiazole rings is 1. The number of hydrogen-bond acceptors (Lipinski definition) is 7. The lowest BCUT2D eigenvalue weighted by Crippen LogP contribution is -2.51. The van der Waals surface area contributed by atoms with E-state index in [1.54, 1.807) is 13.1 Å². The summed E-state index contributed by atoms with van der Waals surface area (Å²) in [5.74, 6) is -0.558. The summed E-state index contributed by atoms with van der Waals surface area (Å²) < 4.78 is 32.3. The predicted molar refractivity (Wildman–Crippen MR) is 111 cm³/mol. The lowest BCUT2D eigenvalue weighted by Gasteiger charge is -2.37. The highest BCUT2D eigenvalue weighted by Crippen LogP contribution is 2.33. The first-order valence-corrected chi connectivity index (χ1v) is 10.4. The van der Waals surface area contributed by atoms with E-state index < -0.39 is 24.0 Å². The van der Waals surface area contributed by atoms with Crippen molar-refractivity contribution < 1.29 is 18.3 Å². The van der Waals surface area contributed by atoms with E-state index in [0.717, 1.165) is 0 Å². The van der Waals surface area contributed by atoms with Gasteiger partial charge in [-0.2, -0.15) is 0 Å². The van der Waals surface area contributed by atoms with E-state index in [1.165, 1.54) is 29.5 Å². The molecule has 3 heterocycles. The van der Waals surface area contributed by atoms with Crippen LogP contribution in [0.4, 0.5) is 8.78 Å². The molecule has 30 heavy (non-hydrogen) atoms. The lowest BCUT2D eigenvalue weighted by molar-refractivity contribution is -0.139. The SMILES string of the molecule is [B]c1cc(F)ccc1[C@@H]1N=C(c2nccs2)NC(CN2CC(F)C2)=C1C(=O)OCC. The molecule has 0 unspecified atom stereocenters. The summed E-state index contributed by atoms with van der Waals surface area (Å²) in [4.78, 5) is 23.8. The van der Waals surface area contributed by atoms with Gasteiger partial charge in [-0.3, -0.25) is 9.89 Å².